The van der Waals surface area contributed by atoms with Crippen LogP contribution in [0.3, 0.4) is 0 Å². The Morgan fingerprint density at radius 3 is 2.75 bits per heavy atom. The van der Waals surface area contributed by atoms with Gasteiger partial charge in [0.2, 0.25) is 0 Å². The van der Waals surface area contributed by atoms with Crippen molar-refractivity contribution in [3.05, 3.63) is 28.2 Å². The zero-order chi connectivity index (χ0) is 14.9. The number of rotatable bonds is 3. The molecule has 1 aliphatic heterocycles. The van der Waals surface area contributed by atoms with Gasteiger partial charge in [-0.2, -0.15) is 0 Å². The van der Waals surface area contributed by atoms with E-state index in [2.05, 4.69) is 4.74 Å². The lowest BCUT2D eigenvalue weighted by Gasteiger charge is -2.21. The Morgan fingerprint density at radius 1 is 1.45 bits per heavy atom. The normalized spacial score (nSPS) is 18.6. The fraction of sp³-hybridized carbons (Fsp3) is 0.333. The molecule has 0 N–H and O–H groups in total. The quantitative estimate of drug-likeness (QED) is 0.804. The number of ether oxygens (including phenoxy) is 1. The minimum atomic E-state index is -0.807. The van der Waals surface area contributed by atoms with Crippen LogP contribution >= 0.6 is 23.2 Å². The van der Waals surface area contributed by atoms with Crippen LogP contribution in [-0.2, 0) is 14.4 Å². The second-order valence-electron chi connectivity index (χ2n) is 4.09. The maximum absolute atomic E-state index is 12.1. The largest absolute Gasteiger partial charge is 0.469 e. The van der Waals surface area contributed by atoms with Crippen LogP contribution in [0.15, 0.2) is 18.2 Å². The highest BCUT2D eigenvalue weighted by Crippen LogP contribution is 2.34. The number of hydrogen-bond donors (Lipinski definition) is 0. The third kappa shape index (κ3) is 2.82. The third-order valence-corrected chi connectivity index (χ3v) is 3.32. The summed E-state index contributed by atoms with van der Waals surface area (Å²) in [6.45, 7) is 0. The molecule has 1 atom stereocenters. The number of carbonyl (C=O) groups is 2. The minimum Gasteiger partial charge on any atom is -0.469 e. The molecule has 20 heavy (non-hydrogen) atoms. The zero-order valence-electron chi connectivity index (χ0n) is 10.8. The average molecular weight is 319 g/mol. The van der Waals surface area contributed by atoms with E-state index in [-0.39, 0.29) is 6.42 Å². The van der Waals surface area contributed by atoms with Gasteiger partial charge in [-0.25, -0.2) is 14.7 Å². The lowest BCUT2D eigenvalue weighted by Crippen LogP contribution is -2.36. The number of nitrogens with zero attached hydrogens (tertiary/aromatic N) is 2. The van der Waals surface area contributed by atoms with Gasteiger partial charge in [-0.05, 0) is 18.2 Å². The number of hydrogen-bond acceptors (Lipinski definition) is 4. The first-order valence-electron chi connectivity index (χ1n) is 5.69. The standard InChI is InChI=1S/C12H12Cl2N2O4/c1-15-12(18)16(10(20-15)6-11(17)19-2)9-4-3-7(13)5-8(9)14/h3-5,10H,6H2,1-2H3. The van der Waals surface area contributed by atoms with Crippen molar-refractivity contribution in [2.45, 2.75) is 12.6 Å². The Hall–Kier alpha value is -1.50. The molecule has 2 rings (SSSR count). The molecule has 1 saturated heterocycles. The summed E-state index contributed by atoms with van der Waals surface area (Å²) in [7, 11) is 2.72. The zero-order valence-corrected chi connectivity index (χ0v) is 12.3. The number of benzene rings is 1. The van der Waals surface area contributed by atoms with Crippen LogP contribution in [0.1, 0.15) is 6.42 Å². The predicted molar refractivity (Wildman–Crippen MR) is 73.6 cm³/mol. The molecule has 8 heteroatoms. The van der Waals surface area contributed by atoms with Gasteiger partial charge in [0.05, 0.1) is 24.2 Å². The van der Waals surface area contributed by atoms with Crippen molar-refractivity contribution in [2.75, 3.05) is 19.1 Å². The second-order valence-corrected chi connectivity index (χ2v) is 4.93. The van der Waals surface area contributed by atoms with Crippen LogP contribution in [0.2, 0.25) is 10.0 Å². The summed E-state index contributed by atoms with van der Waals surface area (Å²) in [5.74, 6) is -0.492. The third-order valence-electron chi connectivity index (χ3n) is 2.78. The Bertz CT molecular complexity index is 552. The van der Waals surface area contributed by atoms with Crippen molar-refractivity contribution in [3.8, 4) is 0 Å². The molecule has 1 heterocycles. The summed E-state index contributed by atoms with van der Waals surface area (Å²) in [5.41, 5.74) is 0.416. The van der Waals surface area contributed by atoms with Crippen molar-refractivity contribution in [1.29, 1.82) is 0 Å². The Balaban J connectivity index is 2.34. The summed E-state index contributed by atoms with van der Waals surface area (Å²) >= 11 is 11.9. The topological polar surface area (TPSA) is 59.1 Å². The van der Waals surface area contributed by atoms with Crippen LogP contribution in [0, 0.1) is 0 Å². The number of halogens is 2. The average Bonchev–Trinajstić information content (AvgIpc) is 2.66. The molecule has 108 valence electrons. The SMILES string of the molecule is COC(=O)CC1ON(C)C(=O)N1c1ccc(Cl)cc1Cl. The van der Waals surface area contributed by atoms with Gasteiger partial charge in [0, 0.05) is 12.1 Å². The van der Waals surface area contributed by atoms with E-state index in [1.54, 1.807) is 12.1 Å². The summed E-state index contributed by atoms with van der Waals surface area (Å²) in [6.07, 6.45) is -0.912. The summed E-state index contributed by atoms with van der Waals surface area (Å²) in [4.78, 5) is 30.1. The van der Waals surface area contributed by atoms with Gasteiger partial charge >= 0.3 is 12.0 Å². The molecule has 1 fully saturated rings. The molecule has 0 radical (unpaired) electrons. The summed E-state index contributed by atoms with van der Waals surface area (Å²) in [5, 5.41) is 1.78. The smallest absolute Gasteiger partial charge is 0.350 e. The molecule has 6 nitrogen and oxygen atoms in total. The van der Waals surface area contributed by atoms with E-state index in [9.17, 15) is 9.59 Å². The molecule has 0 bridgehead atoms. The van der Waals surface area contributed by atoms with Gasteiger partial charge in [0.1, 0.15) is 0 Å². The molecule has 0 spiro atoms. The molecule has 1 aromatic rings. The van der Waals surface area contributed by atoms with Crippen LogP contribution in [-0.4, -0.2) is 37.4 Å². The molecule has 0 aliphatic carbocycles. The highest BCUT2D eigenvalue weighted by molar-refractivity contribution is 6.36. The van der Waals surface area contributed by atoms with Gasteiger partial charge in [-0.1, -0.05) is 23.2 Å². The molecule has 1 aromatic carbocycles. The monoisotopic (exact) mass is 318 g/mol. The van der Waals surface area contributed by atoms with E-state index < -0.39 is 18.2 Å². The number of carbonyl (C=O) groups excluding carboxylic acids is 2. The minimum absolute atomic E-state index is 0.106. The number of urea groups is 1. The molecule has 2 amide bonds. The van der Waals surface area contributed by atoms with Gasteiger partial charge in [0.25, 0.3) is 0 Å². The van der Waals surface area contributed by atoms with Gasteiger partial charge < -0.3 is 4.74 Å². The van der Waals surface area contributed by atoms with Crippen molar-refractivity contribution >= 4 is 40.9 Å². The highest BCUT2D eigenvalue weighted by Gasteiger charge is 2.40. The van der Waals surface area contributed by atoms with Crippen molar-refractivity contribution in [2.24, 2.45) is 0 Å². The van der Waals surface area contributed by atoms with E-state index in [1.807, 2.05) is 0 Å². The van der Waals surface area contributed by atoms with Crippen LogP contribution in [0.5, 0.6) is 0 Å². The molecular formula is C12H12Cl2N2O4. The molecule has 0 aromatic heterocycles. The Morgan fingerprint density at radius 2 is 2.15 bits per heavy atom. The van der Waals surface area contributed by atoms with Crippen molar-refractivity contribution in [3.63, 3.8) is 0 Å². The molecule has 0 saturated carbocycles. The first-order valence-corrected chi connectivity index (χ1v) is 6.45. The number of methoxy groups -OCH3 is 1. The fourth-order valence-electron chi connectivity index (χ4n) is 1.84. The van der Waals surface area contributed by atoms with Crippen LogP contribution in [0.25, 0.3) is 0 Å². The van der Waals surface area contributed by atoms with Crippen molar-refractivity contribution < 1.29 is 19.2 Å². The second kappa shape index (κ2) is 5.87. The maximum Gasteiger partial charge on any atom is 0.350 e. The number of hydroxylamine groups is 2. The fourth-order valence-corrected chi connectivity index (χ4v) is 2.34. The summed E-state index contributed by atoms with van der Waals surface area (Å²) in [6, 6.07) is 4.28. The molecule has 1 aliphatic rings. The molecule has 1 unspecified atom stereocenters. The van der Waals surface area contributed by atoms with E-state index in [1.165, 1.54) is 25.1 Å². The number of esters is 1. The van der Waals surface area contributed by atoms with Gasteiger partial charge in [-0.15, -0.1) is 0 Å². The van der Waals surface area contributed by atoms with Gasteiger partial charge in [0.15, 0.2) is 6.23 Å². The van der Waals surface area contributed by atoms with Crippen molar-refractivity contribution in [1.82, 2.24) is 5.06 Å². The maximum atomic E-state index is 12.1. The van der Waals surface area contributed by atoms with Gasteiger partial charge in [-0.3, -0.25) is 9.69 Å². The number of anilines is 1. The Labute approximate surface area is 125 Å². The lowest BCUT2D eigenvalue weighted by atomic mass is 10.2. The lowest BCUT2D eigenvalue weighted by molar-refractivity contribution is -0.150. The Kier molecular flexibility index (Phi) is 4.37. The van der Waals surface area contributed by atoms with E-state index >= 15 is 0 Å². The van der Waals surface area contributed by atoms with Crippen LogP contribution < -0.4 is 4.90 Å². The first-order chi connectivity index (χ1) is 9.43. The van der Waals surface area contributed by atoms with E-state index in [4.69, 9.17) is 28.0 Å². The van der Waals surface area contributed by atoms with Crippen LogP contribution in [0.4, 0.5) is 10.5 Å². The summed E-state index contributed by atoms with van der Waals surface area (Å²) < 4.78 is 4.59. The van der Waals surface area contributed by atoms with E-state index in [0.29, 0.717) is 15.7 Å². The predicted octanol–water partition coefficient (Wildman–Crippen LogP) is 2.69. The van der Waals surface area contributed by atoms with E-state index in [0.717, 1.165) is 5.06 Å². The first kappa shape index (κ1) is 14.9. The molecular weight excluding hydrogens is 307 g/mol. The number of amides is 2. The highest BCUT2D eigenvalue weighted by atomic mass is 35.5.